The Morgan fingerprint density at radius 2 is 1.17 bits per heavy atom. The van der Waals surface area contributed by atoms with Crippen LogP contribution in [-0.4, -0.2) is 0 Å². The predicted molar refractivity (Wildman–Crippen MR) is 195 cm³/mol. The minimum absolute atomic E-state index is 0.192. The molecular formula is C45H30O. The van der Waals surface area contributed by atoms with Crippen LogP contribution >= 0.6 is 0 Å². The molecular weight excluding hydrogens is 556 g/mol. The van der Waals surface area contributed by atoms with Crippen molar-refractivity contribution in [1.82, 2.24) is 0 Å². The van der Waals surface area contributed by atoms with Crippen molar-refractivity contribution in [2.45, 2.75) is 19.3 Å². The molecule has 0 radical (unpaired) electrons. The Hall–Kier alpha value is -5.66. The van der Waals surface area contributed by atoms with Crippen LogP contribution < -0.4 is 0 Å². The average molecular weight is 595 g/mol. The topological polar surface area (TPSA) is 13.1 Å². The van der Waals surface area contributed by atoms with Gasteiger partial charge in [-0.15, -0.1) is 0 Å². The molecule has 0 saturated carbocycles. The first kappa shape index (κ1) is 19.0. The third-order valence-electron chi connectivity index (χ3n) is 9.87. The van der Waals surface area contributed by atoms with E-state index in [1.165, 1.54) is 0 Å². The number of hydrogen-bond donors (Lipinski definition) is 0. The van der Waals surface area contributed by atoms with Crippen molar-refractivity contribution in [3.8, 4) is 33.4 Å². The second-order valence-electron chi connectivity index (χ2n) is 12.6. The summed E-state index contributed by atoms with van der Waals surface area (Å²) in [6.07, 6.45) is 0. The van der Waals surface area contributed by atoms with Crippen LogP contribution in [0.3, 0.4) is 0 Å². The lowest BCUT2D eigenvalue weighted by Crippen LogP contribution is -2.16. The van der Waals surface area contributed by atoms with Gasteiger partial charge in [0.25, 0.3) is 0 Å². The van der Waals surface area contributed by atoms with Crippen LogP contribution in [0.15, 0.2) is 150 Å². The van der Waals surface area contributed by atoms with Crippen LogP contribution in [0.25, 0.3) is 87.6 Å². The third-order valence-corrected chi connectivity index (χ3v) is 9.87. The molecule has 0 N–H and O–H groups in total. The van der Waals surface area contributed by atoms with Crippen LogP contribution in [-0.2, 0) is 5.41 Å². The van der Waals surface area contributed by atoms with E-state index in [2.05, 4.69) is 26.0 Å². The van der Waals surface area contributed by atoms with E-state index < -0.39 is 29.6 Å². The van der Waals surface area contributed by atoms with Gasteiger partial charge in [0.2, 0.25) is 0 Å². The summed E-state index contributed by atoms with van der Waals surface area (Å²) < 4.78 is 79.9. The summed E-state index contributed by atoms with van der Waals surface area (Å²) >= 11 is 0. The van der Waals surface area contributed by atoms with Crippen molar-refractivity contribution < 1.29 is 15.4 Å². The summed E-state index contributed by atoms with van der Waals surface area (Å²) in [5, 5.41) is 4.42. The Morgan fingerprint density at radius 3 is 1.96 bits per heavy atom. The summed E-state index contributed by atoms with van der Waals surface area (Å²) in [6.45, 7) is 4.25. The second-order valence-corrected chi connectivity index (χ2v) is 12.6. The molecule has 0 saturated heterocycles. The summed E-state index contributed by atoms with van der Waals surface area (Å²) in [7, 11) is 0. The fourth-order valence-electron chi connectivity index (χ4n) is 7.90. The van der Waals surface area contributed by atoms with Crippen molar-refractivity contribution in [3.05, 3.63) is 157 Å². The number of furan rings is 1. The lowest BCUT2D eigenvalue weighted by molar-refractivity contribution is 0.662. The van der Waals surface area contributed by atoms with Gasteiger partial charge >= 0.3 is 0 Å². The zero-order valence-corrected chi connectivity index (χ0v) is 25.1. The summed E-state index contributed by atoms with van der Waals surface area (Å²) in [4.78, 5) is 0. The van der Waals surface area contributed by atoms with Crippen LogP contribution in [0.4, 0.5) is 0 Å². The van der Waals surface area contributed by atoms with E-state index in [0.29, 0.717) is 27.8 Å². The highest BCUT2D eigenvalue weighted by Crippen LogP contribution is 2.54. The first-order chi connectivity index (χ1) is 25.9. The van der Waals surface area contributed by atoms with Gasteiger partial charge in [0.15, 0.2) is 0 Å². The molecule has 1 heteroatoms. The second kappa shape index (κ2) is 9.19. The summed E-state index contributed by atoms with van der Waals surface area (Å²) in [5.41, 5.74) is 6.76. The summed E-state index contributed by atoms with van der Waals surface area (Å²) in [5.74, 6) is 0. The normalized spacial score (nSPS) is 16.0. The standard InChI is InChI=1S/C45H30O/c1-45(2)39-21-10-9-14-30(39)35-19-11-20-37(43(35)45)42-33-17-7-5-15-31(33)41(32-16-6-8-18-34(32)42)28-23-25-40-38(26-28)36-24-22-27-12-3-4-13-29(27)44(36)46-40/h3-26H,1-2H3/i5D,6D,7D,8D,15D,16D,17D,18D. The average Bonchev–Trinajstić information content (AvgIpc) is 3.68. The van der Waals surface area contributed by atoms with Crippen molar-refractivity contribution >= 4 is 54.3 Å². The van der Waals surface area contributed by atoms with Crippen molar-refractivity contribution in [1.29, 1.82) is 0 Å². The van der Waals surface area contributed by atoms with Gasteiger partial charge in [0.05, 0.1) is 11.0 Å². The molecule has 0 unspecified atom stereocenters. The SMILES string of the molecule is [2H]c1c([2H])c([2H])c2c(-c3cccc4c3C(C)(C)c3ccccc3-4)c3c([2H])c([2H])c([2H])c([2H])c3c(-c3ccc4oc5c6ccccc6ccc5c4c3)c2c1[2H]. The van der Waals surface area contributed by atoms with Crippen molar-refractivity contribution in [3.63, 3.8) is 0 Å². The molecule has 1 heterocycles. The number of hydrogen-bond acceptors (Lipinski definition) is 1. The fourth-order valence-corrected chi connectivity index (χ4v) is 7.90. The highest BCUT2D eigenvalue weighted by atomic mass is 16.3. The number of rotatable bonds is 2. The van der Waals surface area contributed by atoms with Gasteiger partial charge in [-0.05, 0) is 89.6 Å². The van der Waals surface area contributed by atoms with Crippen LogP contribution in [0.5, 0.6) is 0 Å². The Balaban J connectivity index is 1.43. The first-order valence-electron chi connectivity index (χ1n) is 19.5. The molecule has 1 aliphatic rings. The number of benzene rings is 8. The van der Waals surface area contributed by atoms with Gasteiger partial charge in [0.1, 0.15) is 11.2 Å². The fraction of sp³-hybridized carbons (Fsp3) is 0.0667. The minimum atomic E-state index is -0.534. The van der Waals surface area contributed by atoms with Crippen molar-refractivity contribution in [2.75, 3.05) is 0 Å². The molecule has 216 valence electrons. The molecule has 46 heavy (non-hydrogen) atoms. The minimum Gasteiger partial charge on any atom is -0.455 e. The van der Waals surface area contributed by atoms with Gasteiger partial charge < -0.3 is 4.42 Å². The molecule has 1 aliphatic carbocycles. The molecule has 0 fully saturated rings. The van der Waals surface area contributed by atoms with E-state index in [1.54, 1.807) is 0 Å². The van der Waals surface area contributed by atoms with Crippen LogP contribution in [0.1, 0.15) is 35.9 Å². The van der Waals surface area contributed by atoms with Crippen LogP contribution in [0, 0.1) is 0 Å². The van der Waals surface area contributed by atoms with E-state index in [1.807, 2.05) is 84.9 Å². The monoisotopic (exact) mass is 594 g/mol. The molecule has 0 spiro atoms. The highest BCUT2D eigenvalue weighted by molar-refractivity contribution is 6.23. The Bertz CT molecular complexity index is 3090. The Morgan fingerprint density at radius 1 is 0.522 bits per heavy atom. The Kier molecular flexibility index (Phi) is 3.79. The quantitative estimate of drug-likeness (QED) is 0.181. The molecule has 0 amide bonds. The van der Waals surface area contributed by atoms with E-state index in [9.17, 15) is 5.48 Å². The van der Waals surface area contributed by atoms with Gasteiger partial charge in [0, 0.05) is 21.6 Å². The molecule has 0 atom stereocenters. The maximum absolute atomic E-state index is 9.49. The zero-order chi connectivity index (χ0) is 37.5. The lowest BCUT2D eigenvalue weighted by atomic mass is 9.77. The molecule has 1 aromatic heterocycles. The molecule has 1 nitrogen and oxygen atoms in total. The summed E-state index contributed by atoms with van der Waals surface area (Å²) in [6, 6.07) is 28.8. The van der Waals surface area contributed by atoms with Gasteiger partial charge in [-0.2, -0.15) is 0 Å². The van der Waals surface area contributed by atoms with E-state index in [0.717, 1.165) is 49.4 Å². The molecule has 9 aromatic rings. The van der Waals surface area contributed by atoms with Crippen LogP contribution in [0.2, 0.25) is 0 Å². The molecule has 8 aromatic carbocycles. The van der Waals surface area contributed by atoms with E-state index in [4.69, 9.17) is 9.90 Å². The maximum atomic E-state index is 9.49. The molecule has 10 rings (SSSR count). The molecule has 0 aliphatic heterocycles. The maximum Gasteiger partial charge on any atom is 0.143 e. The van der Waals surface area contributed by atoms with Gasteiger partial charge in [-0.1, -0.05) is 141 Å². The number of fused-ring (bicyclic) bond motifs is 10. The Labute approximate surface area is 278 Å². The predicted octanol–water partition coefficient (Wildman–Crippen LogP) is 12.7. The van der Waals surface area contributed by atoms with Gasteiger partial charge in [-0.3, -0.25) is 0 Å². The molecule has 0 bridgehead atoms. The van der Waals surface area contributed by atoms with E-state index in [-0.39, 0.29) is 45.7 Å². The smallest absolute Gasteiger partial charge is 0.143 e. The highest BCUT2D eigenvalue weighted by Gasteiger charge is 2.37. The largest absolute Gasteiger partial charge is 0.455 e. The lowest BCUT2D eigenvalue weighted by Gasteiger charge is -2.26. The first-order valence-corrected chi connectivity index (χ1v) is 15.5. The third kappa shape index (κ3) is 3.35. The zero-order valence-electron chi connectivity index (χ0n) is 33.1. The van der Waals surface area contributed by atoms with Gasteiger partial charge in [-0.25, -0.2) is 0 Å². The van der Waals surface area contributed by atoms with Crippen molar-refractivity contribution in [2.24, 2.45) is 0 Å². The van der Waals surface area contributed by atoms with E-state index >= 15 is 0 Å².